The molecule has 0 N–H and O–H groups in total. The smallest absolute Gasteiger partial charge is 0.309 e. The molecule has 0 unspecified atom stereocenters. The van der Waals surface area contributed by atoms with Crippen LogP contribution in [0.3, 0.4) is 0 Å². The van der Waals surface area contributed by atoms with Gasteiger partial charge in [-0.1, -0.05) is 77.9 Å². The van der Waals surface area contributed by atoms with Crippen LogP contribution in [0.2, 0.25) is 0 Å². The van der Waals surface area contributed by atoms with Gasteiger partial charge in [0.15, 0.2) is 0 Å². The van der Waals surface area contributed by atoms with E-state index in [1.54, 1.807) is 24.3 Å². The zero-order valence-electron chi connectivity index (χ0n) is 47.0. The van der Waals surface area contributed by atoms with Crippen molar-refractivity contribution in [1.82, 2.24) is 9.13 Å². The molecule has 0 aliphatic rings. The van der Waals surface area contributed by atoms with Gasteiger partial charge in [-0.2, -0.15) is 79.0 Å². The molecule has 0 bridgehead atoms. The first-order chi connectivity index (χ1) is 42.0. The van der Waals surface area contributed by atoms with E-state index in [2.05, 4.69) is 0 Å². The maximum Gasteiger partial charge on any atom is 0.418 e. The molecule has 458 valence electrons. The molecule has 0 amide bonds. The summed E-state index contributed by atoms with van der Waals surface area (Å²) in [5.41, 5.74) is -5.73. The van der Waals surface area contributed by atoms with Crippen LogP contribution in [-0.4, -0.2) is 9.13 Å². The van der Waals surface area contributed by atoms with Crippen LogP contribution in [0.1, 0.15) is 55.6 Å². The third-order valence-electron chi connectivity index (χ3n) is 15.9. The highest BCUT2D eigenvalue weighted by Crippen LogP contribution is 2.48. The van der Waals surface area contributed by atoms with Gasteiger partial charge in [-0.05, 0) is 210 Å². The molecule has 90 heavy (non-hydrogen) atoms. The third-order valence-corrected chi connectivity index (χ3v) is 15.9. The van der Waals surface area contributed by atoms with E-state index in [-0.39, 0.29) is 83.4 Å². The highest BCUT2D eigenvalue weighted by molar-refractivity contribution is 6.13. The Bertz CT molecular complexity index is 4850. The molecule has 10 aromatic carbocycles. The minimum Gasteiger partial charge on any atom is -0.309 e. The van der Waals surface area contributed by atoms with Crippen LogP contribution in [0.25, 0.3) is 111 Å². The summed E-state index contributed by atoms with van der Waals surface area (Å²) in [6, 6.07) is 35.7. The highest BCUT2D eigenvalue weighted by Gasteiger charge is 2.40. The summed E-state index contributed by atoms with van der Waals surface area (Å²) in [5, 5.41) is 0.620. The van der Waals surface area contributed by atoms with Gasteiger partial charge in [0.1, 0.15) is 0 Å². The summed E-state index contributed by atoms with van der Waals surface area (Å²) in [6.07, 6.45) is -30.4. The number of benzene rings is 10. The Kier molecular flexibility index (Phi) is 14.2. The number of nitrogens with zero attached hydrogens (tertiary/aromatic N) is 2. The first-order valence-corrected chi connectivity index (χ1v) is 27.3. The average Bonchev–Trinajstić information content (AvgIpc) is 1.58. The van der Waals surface area contributed by atoms with Crippen LogP contribution in [0.5, 0.6) is 0 Å². The van der Waals surface area contributed by atoms with Gasteiger partial charge in [-0.25, -0.2) is 0 Å². The van der Waals surface area contributed by atoms with Gasteiger partial charge >= 0.3 is 37.1 Å². The fraction of sp³-hybridized carbons (Fsp3) is 0.143. The lowest BCUT2D eigenvalue weighted by Gasteiger charge is -2.20. The zero-order chi connectivity index (χ0) is 64.7. The summed E-state index contributed by atoms with van der Waals surface area (Å²) >= 11 is 0. The van der Waals surface area contributed by atoms with Crippen molar-refractivity contribution >= 4 is 43.6 Å². The SMILES string of the molecule is Cc1cc(C)cc(-c2ccc3c(c2)c2cc(-c4cc(C)cc(C(F)(F)F)c4)ccc2n3-c2cc(-c3ccc(C(F)(F)F)c(-n4c5ccc(-c6cc(C)cc(C(F)(F)F)c6)cc5c5cc(-c6cc(C(F)(F)F)cc(C(F)(F)F)c6)ccc54)c3)ccc2C(F)(F)F)c1. The Balaban J connectivity index is 1.10. The lowest BCUT2D eigenvalue weighted by atomic mass is 9.96. The van der Waals surface area contributed by atoms with Gasteiger partial charge < -0.3 is 9.13 Å². The molecule has 0 atom stereocenters. The Morgan fingerprint density at radius 3 is 0.722 bits per heavy atom. The number of halogens is 18. The van der Waals surface area contributed by atoms with Gasteiger partial charge in [-0.15, -0.1) is 0 Å². The normalized spacial score (nSPS) is 13.0. The predicted octanol–water partition coefficient (Wildman–Crippen LogP) is 23.6. The summed E-state index contributed by atoms with van der Waals surface area (Å²) in [7, 11) is 0. The topological polar surface area (TPSA) is 9.86 Å². The number of fused-ring (bicyclic) bond motifs is 6. The fourth-order valence-electron chi connectivity index (χ4n) is 12.0. The van der Waals surface area contributed by atoms with Crippen molar-refractivity contribution in [3.63, 3.8) is 0 Å². The Labute approximate surface area is 499 Å². The van der Waals surface area contributed by atoms with Crippen molar-refractivity contribution in [2.24, 2.45) is 0 Å². The van der Waals surface area contributed by atoms with Crippen LogP contribution >= 0.6 is 0 Å². The molecule has 12 aromatic rings. The molecule has 0 radical (unpaired) electrons. The Morgan fingerprint density at radius 2 is 0.444 bits per heavy atom. The van der Waals surface area contributed by atoms with Crippen molar-refractivity contribution in [3.8, 4) is 67.0 Å². The maximum atomic E-state index is 15.7. The van der Waals surface area contributed by atoms with E-state index in [0.29, 0.717) is 40.1 Å². The van der Waals surface area contributed by atoms with E-state index in [1.165, 1.54) is 60.9 Å². The van der Waals surface area contributed by atoms with E-state index in [0.717, 1.165) is 94.1 Å². The number of aryl methyl sites for hydroxylation is 4. The first-order valence-electron chi connectivity index (χ1n) is 27.3. The van der Waals surface area contributed by atoms with E-state index in [9.17, 15) is 52.7 Å². The molecule has 0 spiro atoms. The largest absolute Gasteiger partial charge is 0.418 e. The minimum absolute atomic E-state index is 0.0126. The molecule has 12 rings (SSSR count). The molecular formula is C70H42F18N2. The lowest BCUT2D eigenvalue weighted by molar-refractivity contribution is -0.143. The van der Waals surface area contributed by atoms with Gasteiger partial charge in [0.2, 0.25) is 0 Å². The minimum atomic E-state index is -5.28. The van der Waals surface area contributed by atoms with E-state index in [4.69, 9.17) is 0 Å². The molecule has 2 heterocycles. The fourth-order valence-corrected chi connectivity index (χ4v) is 12.0. The Hall–Kier alpha value is -9.46. The van der Waals surface area contributed by atoms with Crippen LogP contribution in [-0.2, 0) is 37.1 Å². The second kappa shape index (κ2) is 21.1. The molecule has 0 aliphatic heterocycles. The second-order valence-electron chi connectivity index (χ2n) is 22.4. The van der Waals surface area contributed by atoms with E-state index >= 15 is 26.3 Å². The summed E-state index contributed by atoms with van der Waals surface area (Å²) in [4.78, 5) is 0. The predicted molar refractivity (Wildman–Crippen MR) is 311 cm³/mol. The van der Waals surface area contributed by atoms with Crippen molar-refractivity contribution < 1.29 is 79.0 Å². The van der Waals surface area contributed by atoms with E-state index < -0.39 is 87.4 Å². The maximum absolute atomic E-state index is 15.7. The third kappa shape index (κ3) is 11.3. The Morgan fingerprint density at radius 1 is 0.211 bits per heavy atom. The monoisotopic (exact) mass is 1250 g/mol. The van der Waals surface area contributed by atoms with Crippen molar-refractivity contribution in [1.29, 1.82) is 0 Å². The van der Waals surface area contributed by atoms with Gasteiger partial charge in [0.05, 0.1) is 66.8 Å². The van der Waals surface area contributed by atoms with Gasteiger partial charge in [0.25, 0.3) is 0 Å². The molecule has 2 nitrogen and oxygen atoms in total. The lowest BCUT2D eigenvalue weighted by Crippen LogP contribution is -2.12. The van der Waals surface area contributed by atoms with Crippen LogP contribution in [0.4, 0.5) is 79.0 Å². The molecule has 0 saturated carbocycles. The first kappa shape index (κ1) is 60.8. The van der Waals surface area contributed by atoms with Gasteiger partial charge in [-0.3, -0.25) is 0 Å². The summed E-state index contributed by atoms with van der Waals surface area (Å²) in [6.45, 7) is 6.63. The van der Waals surface area contributed by atoms with Crippen molar-refractivity contribution in [2.75, 3.05) is 0 Å². The number of hydrogen-bond donors (Lipinski definition) is 0. The molecule has 2 aromatic heterocycles. The van der Waals surface area contributed by atoms with Crippen molar-refractivity contribution in [3.05, 3.63) is 238 Å². The quantitative estimate of drug-likeness (QED) is 0.141. The second-order valence-corrected chi connectivity index (χ2v) is 22.4. The van der Waals surface area contributed by atoms with Crippen molar-refractivity contribution in [2.45, 2.75) is 64.8 Å². The summed E-state index contributed by atoms with van der Waals surface area (Å²) < 4.78 is 267. The highest BCUT2D eigenvalue weighted by atomic mass is 19.4. The summed E-state index contributed by atoms with van der Waals surface area (Å²) in [5.74, 6) is 0. The van der Waals surface area contributed by atoms with Crippen LogP contribution in [0.15, 0.2) is 182 Å². The number of rotatable bonds is 7. The van der Waals surface area contributed by atoms with Crippen LogP contribution < -0.4 is 0 Å². The van der Waals surface area contributed by atoms with Gasteiger partial charge in [0, 0.05) is 21.5 Å². The molecule has 0 aliphatic carbocycles. The average molecular weight is 1250 g/mol. The molecule has 0 saturated heterocycles. The number of alkyl halides is 18. The molecular weight excluding hydrogens is 1210 g/mol. The van der Waals surface area contributed by atoms with E-state index in [1.807, 2.05) is 32.0 Å². The standard InChI is InChI=1S/C70H42F18N2/c1-35-17-36(2)19-45(18-35)39-7-13-59-53(28-39)54-29-40(46-20-37(3)22-49(24-46)65(71,72)73)8-14-60(54)89(59)63-32-43(5-11-57(63)69(83,84)85)44-6-12-58(70(86,87)88)64(33-44)90-61-15-9-41(47-21-38(4)23-50(25-47)66(74,75)76)30-55(61)56-31-42(10-16-62(56)90)48-26-51(67(77,78)79)34-52(27-48)68(80,81)82/h5-34H,1-4H3. The van der Waals surface area contributed by atoms with Crippen LogP contribution in [0, 0.1) is 27.7 Å². The number of hydrogen-bond acceptors (Lipinski definition) is 0. The zero-order valence-corrected chi connectivity index (χ0v) is 47.0. The molecule has 20 heteroatoms. The number of aromatic nitrogens is 2. The molecule has 0 fully saturated rings.